The molecule has 4 nitrogen and oxygen atoms in total. The Morgan fingerprint density at radius 1 is 1.40 bits per heavy atom. The second-order valence-electron chi connectivity index (χ2n) is 5.50. The molecule has 0 spiro atoms. The predicted octanol–water partition coefficient (Wildman–Crippen LogP) is 2.56. The summed E-state index contributed by atoms with van der Waals surface area (Å²) in [5, 5.41) is 3.55. The molecular weight excluding hydrogens is 250 g/mol. The maximum absolute atomic E-state index is 6.05. The zero-order valence-corrected chi connectivity index (χ0v) is 12.1. The number of aromatic nitrogens is 2. The largest absolute Gasteiger partial charge is 0.487 e. The van der Waals surface area contributed by atoms with Gasteiger partial charge >= 0.3 is 0 Å². The first-order chi connectivity index (χ1) is 9.74. The Labute approximate surface area is 119 Å². The van der Waals surface area contributed by atoms with Gasteiger partial charge in [0.1, 0.15) is 12.4 Å². The van der Waals surface area contributed by atoms with E-state index < -0.39 is 0 Å². The molecule has 1 N–H and O–H groups in total. The van der Waals surface area contributed by atoms with Gasteiger partial charge in [-0.2, -0.15) is 0 Å². The minimum Gasteiger partial charge on any atom is -0.487 e. The van der Waals surface area contributed by atoms with Crippen LogP contribution in [0.25, 0.3) is 0 Å². The number of nitrogens with zero attached hydrogens (tertiary/aromatic N) is 2. The summed E-state index contributed by atoms with van der Waals surface area (Å²) in [4.78, 5) is 4.12. The molecule has 0 saturated heterocycles. The number of hydrogen-bond acceptors (Lipinski definition) is 3. The first kappa shape index (κ1) is 13.2. The summed E-state index contributed by atoms with van der Waals surface area (Å²) in [5.41, 5.74) is 3.50. The number of imidazole rings is 1. The highest BCUT2D eigenvalue weighted by molar-refractivity contribution is 5.40. The Bertz CT molecular complexity index is 587. The van der Waals surface area contributed by atoms with E-state index in [1.807, 2.05) is 17.8 Å². The molecule has 2 aromatic rings. The number of benzene rings is 1. The molecule has 1 aliphatic carbocycles. The van der Waals surface area contributed by atoms with Crippen LogP contribution in [0.4, 0.5) is 0 Å². The molecular formula is C16H21N3O. The van der Waals surface area contributed by atoms with E-state index in [-0.39, 0.29) is 0 Å². The quantitative estimate of drug-likeness (QED) is 0.877. The Morgan fingerprint density at radius 3 is 2.95 bits per heavy atom. The lowest BCUT2D eigenvalue weighted by Gasteiger charge is -2.14. The number of hydrogen-bond donors (Lipinski definition) is 1. The van der Waals surface area contributed by atoms with Crippen LogP contribution in [0.2, 0.25) is 0 Å². The van der Waals surface area contributed by atoms with E-state index >= 15 is 0 Å². The molecule has 0 radical (unpaired) electrons. The summed E-state index contributed by atoms with van der Waals surface area (Å²) in [6.07, 6.45) is 6.25. The third kappa shape index (κ3) is 3.02. The molecule has 106 valence electrons. The van der Waals surface area contributed by atoms with Gasteiger partial charge in [-0.3, -0.25) is 0 Å². The lowest BCUT2D eigenvalue weighted by Crippen LogP contribution is -2.16. The SMILES string of the molecule is Cc1cccc(CNC2CC2)c1OCc1cncn1C. The van der Waals surface area contributed by atoms with Crippen molar-refractivity contribution >= 4 is 0 Å². The van der Waals surface area contributed by atoms with Crippen molar-refractivity contribution in [3.8, 4) is 5.75 Å². The standard InChI is InChI=1S/C16H21N3O/c1-12-4-3-5-13(8-18-14-6-7-14)16(12)20-10-15-9-17-11-19(15)2/h3-5,9,11,14,18H,6-8,10H2,1-2H3. The van der Waals surface area contributed by atoms with E-state index in [2.05, 4.69) is 35.4 Å². The maximum atomic E-state index is 6.05. The van der Waals surface area contributed by atoms with Gasteiger partial charge in [-0.05, 0) is 25.3 Å². The number of aryl methyl sites for hydroxylation is 2. The van der Waals surface area contributed by atoms with Crippen LogP contribution in [0.15, 0.2) is 30.7 Å². The fourth-order valence-corrected chi connectivity index (χ4v) is 2.27. The topological polar surface area (TPSA) is 39.1 Å². The van der Waals surface area contributed by atoms with Crippen LogP contribution in [-0.4, -0.2) is 15.6 Å². The van der Waals surface area contributed by atoms with E-state index in [9.17, 15) is 0 Å². The van der Waals surface area contributed by atoms with Crippen molar-refractivity contribution in [2.24, 2.45) is 7.05 Å². The normalized spacial score (nSPS) is 14.5. The van der Waals surface area contributed by atoms with Gasteiger partial charge < -0.3 is 14.6 Å². The molecule has 1 heterocycles. The summed E-state index contributed by atoms with van der Waals surface area (Å²) >= 11 is 0. The average Bonchev–Trinajstić information content (AvgIpc) is 3.18. The van der Waals surface area contributed by atoms with Crippen molar-refractivity contribution in [1.29, 1.82) is 0 Å². The van der Waals surface area contributed by atoms with Crippen LogP contribution in [0, 0.1) is 6.92 Å². The van der Waals surface area contributed by atoms with E-state index in [4.69, 9.17) is 4.74 Å². The average molecular weight is 271 g/mol. The van der Waals surface area contributed by atoms with Crippen LogP contribution in [-0.2, 0) is 20.2 Å². The van der Waals surface area contributed by atoms with Gasteiger partial charge in [0.25, 0.3) is 0 Å². The molecule has 1 aromatic carbocycles. The van der Waals surface area contributed by atoms with Crippen molar-refractivity contribution in [3.05, 3.63) is 47.5 Å². The summed E-state index contributed by atoms with van der Waals surface area (Å²) in [5.74, 6) is 1.00. The van der Waals surface area contributed by atoms with Crippen LogP contribution >= 0.6 is 0 Å². The summed E-state index contributed by atoms with van der Waals surface area (Å²) < 4.78 is 8.03. The monoisotopic (exact) mass is 271 g/mol. The molecule has 1 aromatic heterocycles. The van der Waals surface area contributed by atoms with Crippen molar-refractivity contribution < 1.29 is 4.74 Å². The summed E-state index contributed by atoms with van der Waals surface area (Å²) in [6.45, 7) is 3.53. The van der Waals surface area contributed by atoms with Crippen LogP contribution in [0.3, 0.4) is 0 Å². The first-order valence-corrected chi connectivity index (χ1v) is 7.14. The van der Waals surface area contributed by atoms with E-state index in [1.54, 1.807) is 6.33 Å². The highest BCUT2D eigenvalue weighted by Crippen LogP contribution is 2.26. The van der Waals surface area contributed by atoms with Crippen molar-refractivity contribution in [2.75, 3.05) is 0 Å². The van der Waals surface area contributed by atoms with E-state index in [0.717, 1.165) is 18.0 Å². The number of nitrogens with one attached hydrogen (secondary N) is 1. The third-order valence-corrected chi connectivity index (χ3v) is 3.73. The van der Waals surface area contributed by atoms with Gasteiger partial charge in [0.15, 0.2) is 0 Å². The summed E-state index contributed by atoms with van der Waals surface area (Å²) in [6, 6.07) is 7.04. The van der Waals surface area contributed by atoms with Gasteiger partial charge in [-0.25, -0.2) is 4.98 Å². The smallest absolute Gasteiger partial charge is 0.130 e. The van der Waals surface area contributed by atoms with E-state index in [1.165, 1.54) is 24.0 Å². The molecule has 0 aliphatic heterocycles. The summed E-state index contributed by atoms with van der Waals surface area (Å²) in [7, 11) is 1.99. The minimum atomic E-state index is 0.553. The molecule has 0 atom stereocenters. The van der Waals surface area contributed by atoms with Crippen LogP contribution < -0.4 is 10.1 Å². The molecule has 0 amide bonds. The second kappa shape index (κ2) is 5.67. The Balaban J connectivity index is 1.71. The van der Waals surface area contributed by atoms with Gasteiger partial charge in [0.05, 0.1) is 18.2 Å². The van der Waals surface area contributed by atoms with Gasteiger partial charge in [0, 0.05) is 25.2 Å². The Kier molecular flexibility index (Phi) is 3.74. The van der Waals surface area contributed by atoms with Crippen LogP contribution in [0.5, 0.6) is 5.75 Å². The zero-order chi connectivity index (χ0) is 13.9. The molecule has 0 bridgehead atoms. The minimum absolute atomic E-state index is 0.553. The van der Waals surface area contributed by atoms with Crippen molar-refractivity contribution in [2.45, 2.75) is 39.0 Å². The molecule has 4 heteroatoms. The highest BCUT2D eigenvalue weighted by atomic mass is 16.5. The molecule has 1 fully saturated rings. The Morgan fingerprint density at radius 2 is 2.25 bits per heavy atom. The highest BCUT2D eigenvalue weighted by Gasteiger charge is 2.20. The molecule has 1 saturated carbocycles. The fourth-order valence-electron chi connectivity index (χ4n) is 2.27. The van der Waals surface area contributed by atoms with Crippen LogP contribution in [0.1, 0.15) is 29.7 Å². The number of rotatable bonds is 6. The maximum Gasteiger partial charge on any atom is 0.130 e. The van der Waals surface area contributed by atoms with E-state index in [0.29, 0.717) is 12.6 Å². The fraction of sp³-hybridized carbons (Fsp3) is 0.438. The second-order valence-corrected chi connectivity index (χ2v) is 5.50. The number of para-hydroxylation sites is 1. The van der Waals surface area contributed by atoms with Crippen molar-refractivity contribution in [3.63, 3.8) is 0 Å². The van der Waals surface area contributed by atoms with Gasteiger partial charge in [-0.1, -0.05) is 18.2 Å². The molecule has 3 rings (SSSR count). The van der Waals surface area contributed by atoms with Gasteiger partial charge in [0.2, 0.25) is 0 Å². The van der Waals surface area contributed by atoms with Crippen molar-refractivity contribution in [1.82, 2.24) is 14.9 Å². The first-order valence-electron chi connectivity index (χ1n) is 7.14. The third-order valence-electron chi connectivity index (χ3n) is 3.73. The molecule has 0 unspecified atom stereocenters. The van der Waals surface area contributed by atoms with Gasteiger partial charge in [-0.15, -0.1) is 0 Å². The lowest BCUT2D eigenvalue weighted by atomic mass is 10.1. The molecule has 1 aliphatic rings. The predicted molar refractivity (Wildman–Crippen MR) is 78.6 cm³/mol. The Hall–Kier alpha value is -1.81. The lowest BCUT2D eigenvalue weighted by molar-refractivity contribution is 0.291. The zero-order valence-electron chi connectivity index (χ0n) is 12.1. The number of ether oxygens (including phenoxy) is 1. The molecule has 20 heavy (non-hydrogen) atoms.